The minimum absolute atomic E-state index is 0.0239. The number of para-hydroxylation sites is 1. The zero-order valence-electron chi connectivity index (χ0n) is 24.0. The molecule has 1 aliphatic rings. The summed E-state index contributed by atoms with van der Waals surface area (Å²) in [5, 5.41) is 3.40. The largest absolute Gasteiger partial charge is 0.493 e. The van der Waals surface area contributed by atoms with Gasteiger partial charge in [0.1, 0.15) is 5.70 Å². The van der Waals surface area contributed by atoms with Crippen molar-refractivity contribution in [2.45, 2.75) is 25.7 Å². The van der Waals surface area contributed by atoms with Gasteiger partial charge in [-0.3, -0.25) is 9.59 Å². The average molecular weight is 585 g/mol. The third kappa shape index (κ3) is 6.18. The van der Waals surface area contributed by atoms with Gasteiger partial charge in [0, 0.05) is 49.9 Å². The van der Waals surface area contributed by atoms with Crippen LogP contribution in [0.4, 0.5) is 0 Å². The normalized spacial score (nSPS) is 14.6. The van der Waals surface area contributed by atoms with E-state index in [9.17, 15) is 18.0 Å². The van der Waals surface area contributed by atoms with E-state index in [2.05, 4.69) is 5.32 Å². The molecule has 4 rings (SSSR count). The summed E-state index contributed by atoms with van der Waals surface area (Å²) in [6.45, 7) is 1.12. The SMILES string of the molecule is COc1cc(C(=O)NC(=Cc2cn(S(=O)(=O)N(C)C)c3ccccc23)C(=O)N2CCCCCC2)cc(OC)c1OC. The van der Waals surface area contributed by atoms with Crippen LogP contribution in [0, 0.1) is 0 Å². The Balaban J connectivity index is 1.83. The van der Waals surface area contributed by atoms with E-state index < -0.39 is 16.1 Å². The zero-order chi connectivity index (χ0) is 29.7. The lowest BCUT2D eigenvalue weighted by molar-refractivity contribution is -0.127. The zero-order valence-corrected chi connectivity index (χ0v) is 24.8. The predicted octanol–water partition coefficient (Wildman–Crippen LogP) is 3.50. The average Bonchev–Trinajstić information content (AvgIpc) is 3.13. The molecule has 220 valence electrons. The van der Waals surface area contributed by atoms with Crippen LogP contribution in [0.25, 0.3) is 17.0 Å². The quantitative estimate of drug-likeness (QED) is 0.383. The molecule has 0 atom stereocenters. The fraction of sp³-hybridized carbons (Fsp3) is 0.379. The molecular formula is C29H36N4O7S. The number of carbonyl (C=O) groups is 2. The molecule has 1 N–H and O–H groups in total. The highest BCUT2D eigenvalue weighted by atomic mass is 32.2. The molecule has 2 aromatic carbocycles. The fourth-order valence-electron chi connectivity index (χ4n) is 4.81. The van der Waals surface area contributed by atoms with E-state index in [4.69, 9.17) is 14.2 Å². The summed E-state index contributed by atoms with van der Waals surface area (Å²) in [6.07, 6.45) is 6.77. The van der Waals surface area contributed by atoms with Crippen LogP contribution in [0.15, 0.2) is 48.3 Å². The van der Waals surface area contributed by atoms with E-state index in [0.717, 1.165) is 30.0 Å². The number of likely N-dealkylation sites (tertiary alicyclic amines) is 1. The molecule has 0 aliphatic carbocycles. The van der Waals surface area contributed by atoms with Gasteiger partial charge in [0.25, 0.3) is 11.8 Å². The molecular weight excluding hydrogens is 548 g/mol. The first-order valence-electron chi connectivity index (χ1n) is 13.3. The number of amides is 2. The first-order chi connectivity index (χ1) is 19.6. The Morgan fingerprint density at radius 1 is 0.927 bits per heavy atom. The molecule has 2 amide bonds. The lowest BCUT2D eigenvalue weighted by Crippen LogP contribution is -2.39. The molecule has 1 fully saturated rings. The van der Waals surface area contributed by atoms with Crippen molar-refractivity contribution in [3.8, 4) is 17.2 Å². The minimum Gasteiger partial charge on any atom is -0.493 e. The Kier molecular flexibility index (Phi) is 9.24. The van der Waals surface area contributed by atoms with Gasteiger partial charge in [0.2, 0.25) is 5.75 Å². The molecule has 12 heteroatoms. The first-order valence-corrected chi connectivity index (χ1v) is 14.7. The van der Waals surface area contributed by atoms with E-state index in [1.807, 2.05) is 0 Å². The summed E-state index contributed by atoms with van der Waals surface area (Å²) in [4.78, 5) is 29.2. The second kappa shape index (κ2) is 12.6. The topological polar surface area (TPSA) is 119 Å². The van der Waals surface area contributed by atoms with E-state index in [1.165, 1.54) is 63.8 Å². The van der Waals surface area contributed by atoms with E-state index in [1.54, 1.807) is 29.2 Å². The van der Waals surface area contributed by atoms with Crippen LogP contribution in [-0.2, 0) is 15.0 Å². The number of nitrogens with one attached hydrogen (secondary N) is 1. The fourth-order valence-corrected chi connectivity index (χ4v) is 5.82. The number of benzene rings is 2. The van der Waals surface area contributed by atoms with Gasteiger partial charge in [-0.25, -0.2) is 3.97 Å². The van der Waals surface area contributed by atoms with Crippen molar-refractivity contribution in [1.29, 1.82) is 0 Å². The van der Waals surface area contributed by atoms with Gasteiger partial charge in [-0.15, -0.1) is 0 Å². The summed E-state index contributed by atoms with van der Waals surface area (Å²) < 4.78 is 44.6. The number of fused-ring (bicyclic) bond motifs is 1. The predicted molar refractivity (Wildman–Crippen MR) is 157 cm³/mol. The van der Waals surface area contributed by atoms with Crippen LogP contribution in [0.1, 0.15) is 41.6 Å². The third-order valence-corrected chi connectivity index (χ3v) is 8.74. The molecule has 11 nitrogen and oxygen atoms in total. The highest BCUT2D eigenvalue weighted by Gasteiger charge is 2.26. The summed E-state index contributed by atoms with van der Waals surface area (Å²) in [7, 11) is 3.41. The summed E-state index contributed by atoms with van der Waals surface area (Å²) in [5.41, 5.74) is 1.13. The minimum atomic E-state index is -3.85. The molecule has 0 bridgehead atoms. The Labute approximate surface area is 240 Å². The van der Waals surface area contributed by atoms with Crippen LogP contribution in [0.3, 0.4) is 0 Å². The maximum Gasteiger partial charge on any atom is 0.307 e. The molecule has 0 spiro atoms. The smallest absolute Gasteiger partial charge is 0.307 e. The van der Waals surface area contributed by atoms with Crippen LogP contribution in [-0.4, -0.2) is 81.9 Å². The Hall–Kier alpha value is -4.03. The van der Waals surface area contributed by atoms with Crippen molar-refractivity contribution in [2.24, 2.45) is 0 Å². The number of carbonyl (C=O) groups excluding carboxylic acids is 2. The summed E-state index contributed by atoms with van der Waals surface area (Å²) >= 11 is 0. The van der Waals surface area contributed by atoms with Crippen molar-refractivity contribution in [3.05, 3.63) is 59.4 Å². The van der Waals surface area contributed by atoms with Crippen LogP contribution >= 0.6 is 0 Å². The molecule has 3 aromatic rings. The molecule has 0 unspecified atom stereocenters. The van der Waals surface area contributed by atoms with E-state index >= 15 is 0 Å². The standard InChI is InChI=1S/C29H36N4O7S/c1-31(2)41(36,37)33-19-21(22-12-8-9-13-24(22)33)16-23(29(35)32-14-10-6-7-11-15-32)30-28(34)20-17-25(38-3)27(40-5)26(18-20)39-4/h8-9,12-13,16-19H,6-7,10-11,14-15H2,1-5H3,(H,30,34). The Morgan fingerprint density at radius 2 is 1.54 bits per heavy atom. The van der Waals surface area contributed by atoms with Crippen molar-refractivity contribution < 1.29 is 32.2 Å². The second-order valence-corrected chi connectivity index (χ2v) is 11.8. The number of aromatic nitrogens is 1. The molecule has 2 heterocycles. The van der Waals surface area contributed by atoms with Crippen LogP contribution in [0.2, 0.25) is 0 Å². The van der Waals surface area contributed by atoms with Gasteiger partial charge in [-0.2, -0.15) is 12.7 Å². The molecule has 0 radical (unpaired) electrons. The van der Waals surface area contributed by atoms with Gasteiger partial charge < -0.3 is 24.4 Å². The summed E-state index contributed by atoms with van der Waals surface area (Å²) in [5.74, 6) is -0.00198. The lowest BCUT2D eigenvalue weighted by Gasteiger charge is -2.22. The number of ether oxygens (including phenoxy) is 3. The monoisotopic (exact) mass is 584 g/mol. The van der Waals surface area contributed by atoms with E-state index in [0.29, 0.717) is 46.8 Å². The number of rotatable bonds is 9. The Bertz CT molecular complexity index is 1540. The molecule has 1 aromatic heterocycles. The number of hydrogen-bond donors (Lipinski definition) is 1. The van der Waals surface area contributed by atoms with Gasteiger partial charge in [-0.1, -0.05) is 31.0 Å². The van der Waals surface area contributed by atoms with Gasteiger partial charge >= 0.3 is 10.2 Å². The number of nitrogens with zero attached hydrogens (tertiary/aromatic N) is 3. The number of hydrogen-bond acceptors (Lipinski definition) is 7. The van der Waals surface area contributed by atoms with Crippen LogP contribution < -0.4 is 19.5 Å². The van der Waals surface area contributed by atoms with E-state index in [-0.39, 0.29) is 17.2 Å². The van der Waals surface area contributed by atoms with Crippen molar-refractivity contribution in [3.63, 3.8) is 0 Å². The Morgan fingerprint density at radius 3 is 2.10 bits per heavy atom. The maximum atomic E-state index is 13.9. The lowest BCUT2D eigenvalue weighted by atomic mass is 10.1. The van der Waals surface area contributed by atoms with Gasteiger partial charge in [0.15, 0.2) is 11.5 Å². The third-order valence-electron chi connectivity index (χ3n) is 7.02. The number of methoxy groups -OCH3 is 3. The maximum absolute atomic E-state index is 13.9. The summed E-state index contributed by atoms with van der Waals surface area (Å²) in [6, 6.07) is 10.0. The van der Waals surface area contributed by atoms with Crippen molar-refractivity contribution in [1.82, 2.24) is 18.5 Å². The van der Waals surface area contributed by atoms with Crippen molar-refractivity contribution in [2.75, 3.05) is 48.5 Å². The first kappa shape index (κ1) is 29.9. The van der Waals surface area contributed by atoms with Crippen molar-refractivity contribution >= 4 is 39.0 Å². The highest BCUT2D eigenvalue weighted by Crippen LogP contribution is 2.38. The molecule has 1 aliphatic heterocycles. The van der Waals surface area contributed by atoms with Gasteiger partial charge in [0.05, 0.1) is 26.8 Å². The van der Waals surface area contributed by atoms with Gasteiger partial charge in [-0.05, 0) is 37.1 Å². The molecule has 1 saturated heterocycles. The second-order valence-electron chi connectivity index (χ2n) is 9.82. The van der Waals surface area contributed by atoms with Crippen LogP contribution in [0.5, 0.6) is 17.2 Å². The molecule has 41 heavy (non-hydrogen) atoms. The molecule has 0 saturated carbocycles. The highest BCUT2D eigenvalue weighted by molar-refractivity contribution is 7.87.